The van der Waals surface area contributed by atoms with Crippen molar-refractivity contribution < 1.29 is 9.53 Å². The van der Waals surface area contributed by atoms with E-state index in [0.717, 1.165) is 36.6 Å². The lowest BCUT2D eigenvalue weighted by atomic mass is 10.0. The van der Waals surface area contributed by atoms with Crippen LogP contribution in [0.25, 0.3) is 0 Å². The zero-order valence-corrected chi connectivity index (χ0v) is 16.1. The van der Waals surface area contributed by atoms with Crippen LogP contribution in [0.5, 0.6) is 0 Å². The van der Waals surface area contributed by atoms with Gasteiger partial charge in [-0.3, -0.25) is 0 Å². The molecule has 1 aromatic rings. The van der Waals surface area contributed by atoms with E-state index >= 15 is 0 Å². The molecule has 1 fully saturated rings. The second-order valence-electron chi connectivity index (χ2n) is 7.32. The molecule has 6 heteroatoms. The van der Waals surface area contributed by atoms with Crippen molar-refractivity contribution in [3.63, 3.8) is 0 Å². The molecule has 2 amide bonds. The van der Waals surface area contributed by atoms with E-state index in [9.17, 15) is 4.79 Å². The summed E-state index contributed by atoms with van der Waals surface area (Å²) in [7, 11) is 1.70. The number of carbonyl (C=O) groups is 1. The number of piperidine rings is 1. The molecule has 26 heavy (non-hydrogen) atoms. The lowest BCUT2D eigenvalue weighted by molar-refractivity contribution is 0.203. The number of rotatable bonds is 4. The number of carbonyl (C=O) groups excluding carboxylic acids is 1. The van der Waals surface area contributed by atoms with E-state index in [1.807, 2.05) is 11.0 Å². The number of nitrogens with one attached hydrogen (secondary N) is 1. The molecule has 2 aliphatic rings. The van der Waals surface area contributed by atoms with Crippen LogP contribution in [0.2, 0.25) is 0 Å². The third-order valence-electron chi connectivity index (χ3n) is 5.30. The van der Waals surface area contributed by atoms with Crippen molar-refractivity contribution in [1.29, 1.82) is 0 Å². The molecule has 142 valence electrons. The highest BCUT2D eigenvalue weighted by atomic mass is 16.5. The average Bonchev–Trinajstić information content (AvgIpc) is 2.64. The summed E-state index contributed by atoms with van der Waals surface area (Å²) >= 11 is 0. The molecule has 0 aliphatic carbocycles. The molecule has 0 radical (unpaired) electrons. The van der Waals surface area contributed by atoms with E-state index in [4.69, 9.17) is 4.74 Å². The van der Waals surface area contributed by atoms with Gasteiger partial charge < -0.3 is 19.9 Å². The maximum atomic E-state index is 12.5. The first-order chi connectivity index (χ1) is 12.6. The molecular weight excluding hydrogens is 328 g/mol. The minimum absolute atomic E-state index is 0.0713. The van der Waals surface area contributed by atoms with Crippen molar-refractivity contribution in [3.05, 3.63) is 29.5 Å². The lowest BCUT2D eigenvalue weighted by Gasteiger charge is -2.35. The second-order valence-corrected chi connectivity index (χ2v) is 7.32. The zero-order chi connectivity index (χ0) is 18.5. The summed E-state index contributed by atoms with van der Waals surface area (Å²) in [5.41, 5.74) is 3.12. The Hall–Kier alpha value is -2.08. The number of aromatic nitrogens is 1. The Labute approximate surface area is 156 Å². The maximum Gasteiger partial charge on any atom is 0.322 e. The fourth-order valence-electron chi connectivity index (χ4n) is 3.76. The number of nitrogens with zero attached hydrogens (tertiary/aromatic N) is 3. The van der Waals surface area contributed by atoms with Crippen LogP contribution in [0, 0.1) is 6.92 Å². The highest BCUT2D eigenvalue weighted by molar-refractivity contribution is 5.89. The Kier molecular flexibility index (Phi) is 6.14. The third-order valence-corrected chi connectivity index (χ3v) is 5.30. The van der Waals surface area contributed by atoms with E-state index in [-0.39, 0.29) is 6.03 Å². The molecule has 1 aromatic heterocycles. The van der Waals surface area contributed by atoms with Gasteiger partial charge in [0.05, 0.1) is 18.5 Å². The standard InChI is InChI=1S/C20H30N4O2/c1-15-12-18(13-21-19(15)24-9-5-4-6-16(24)2)22-20(25)23-10-7-17(8-11-23)14-26-3/h7,12-13,16H,4-6,8-11,14H2,1-3H3,(H,22,25). The van der Waals surface area contributed by atoms with Crippen molar-refractivity contribution in [2.75, 3.05) is 43.6 Å². The molecule has 1 N–H and O–H groups in total. The summed E-state index contributed by atoms with van der Waals surface area (Å²) in [4.78, 5) is 21.3. The lowest BCUT2D eigenvalue weighted by Crippen LogP contribution is -2.39. The third kappa shape index (κ3) is 4.36. The van der Waals surface area contributed by atoms with E-state index < -0.39 is 0 Å². The van der Waals surface area contributed by atoms with Gasteiger partial charge in [0.1, 0.15) is 5.82 Å². The number of amides is 2. The summed E-state index contributed by atoms with van der Waals surface area (Å²) in [6.07, 6.45) is 8.45. The van der Waals surface area contributed by atoms with Crippen LogP contribution < -0.4 is 10.2 Å². The fourth-order valence-corrected chi connectivity index (χ4v) is 3.76. The van der Waals surface area contributed by atoms with Gasteiger partial charge >= 0.3 is 6.03 Å². The predicted molar refractivity (Wildman–Crippen MR) is 105 cm³/mol. The minimum Gasteiger partial charge on any atom is -0.380 e. The van der Waals surface area contributed by atoms with Gasteiger partial charge in [0, 0.05) is 32.8 Å². The first-order valence-electron chi connectivity index (χ1n) is 9.54. The average molecular weight is 358 g/mol. The topological polar surface area (TPSA) is 57.7 Å². The van der Waals surface area contributed by atoms with Crippen LogP contribution in [0.1, 0.15) is 38.2 Å². The van der Waals surface area contributed by atoms with E-state index in [2.05, 4.69) is 35.1 Å². The molecule has 1 unspecified atom stereocenters. The number of urea groups is 1. The van der Waals surface area contributed by atoms with Gasteiger partial charge in [0.15, 0.2) is 0 Å². The number of pyridine rings is 1. The SMILES string of the molecule is COCC1=CCN(C(=O)Nc2cnc(N3CCCCC3C)c(C)c2)CC1. The van der Waals surface area contributed by atoms with Gasteiger partial charge in [0.25, 0.3) is 0 Å². The van der Waals surface area contributed by atoms with Crippen molar-refractivity contribution in [3.8, 4) is 0 Å². The fraction of sp³-hybridized carbons (Fsp3) is 0.600. The molecule has 1 atom stereocenters. The van der Waals surface area contributed by atoms with Crippen LogP contribution in [-0.4, -0.2) is 55.3 Å². The molecule has 3 heterocycles. The molecule has 0 aromatic carbocycles. The van der Waals surface area contributed by atoms with Gasteiger partial charge in [0.2, 0.25) is 0 Å². The molecule has 3 rings (SSSR count). The van der Waals surface area contributed by atoms with E-state index in [1.165, 1.54) is 24.8 Å². The second kappa shape index (κ2) is 8.54. The number of ether oxygens (including phenoxy) is 1. The Morgan fingerprint density at radius 3 is 2.88 bits per heavy atom. The molecule has 0 bridgehead atoms. The maximum absolute atomic E-state index is 12.5. The smallest absolute Gasteiger partial charge is 0.322 e. The van der Waals surface area contributed by atoms with Crippen molar-refractivity contribution in [2.45, 2.75) is 45.6 Å². The zero-order valence-electron chi connectivity index (χ0n) is 16.1. The Balaban J connectivity index is 1.62. The van der Waals surface area contributed by atoms with Gasteiger partial charge in [-0.05, 0) is 56.7 Å². The summed E-state index contributed by atoms with van der Waals surface area (Å²) in [6.45, 7) is 7.38. The highest BCUT2D eigenvalue weighted by Gasteiger charge is 2.22. The normalized spacial score (nSPS) is 20.7. The summed E-state index contributed by atoms with van der Waals surface area (Å²) in [5.74, 6) is 1.04. The van der Waals surface area contributed by atoms with Gasteiger partial charge in [-0.2, -0.15) is 0 Å². The molecule has 1 saturated heterocycles. The largest absolute Gasteiger partial charge is 0.380 e. The molecule has 0 spiro atoms. The van der Waals surface area contributed by atoms with Gasteiger partial charge in [-0.25, -0.2) is 9.78 Å². The van der Waals surface area contributed by atoms with E-state index in [1.54, 1.807) is 13.3 Å². The summed E-state index contributed by atoms with van der Waals surface area (Å²) < 4.78 is 5.15. The van der Waals surface area contributed by atoms with Crippen molar-refractivity contribution >= 4 is 17.5 Å². The van der Waals surface area contributed by atoms with Gasteiger partial charge in [-0.15, -0.1) is 0 Å². The molecular formula is C20H30N4O2. The molecule has 0 saturated carbocycles. The number of methoxy groups -OCH3 is 1. The quantitative estimate of drug-likeness (QED) is 0.836. The van der Waals surface area contributed by atoms with E-state index in [0.29, 0.717) is 19.2 Å². The Bertz CT molecular complexity index is 674. The van der Waals surface area contributed by atoms with Crippen LogP contribution in [0.15, 0.2) is 23.9 Å². The van der Waals surface area contributed by atoms with Gasteiger partial charge in [-0.1, -0.05) is 6.08 Å². The summed E-state index contributed by atoms with van der Waals surface area (Å²) in [5, 5.41) is 2.99. The summed E-state index contributed by atoms with van der Waals surface area (Å²) in [6, 6.07) is 2.48. The predicted octanol–water partition coefficient (Wildman–Crippen LogP) is 3.58. The number of hydrogen-bond acceptors (Lipinski definition) is 4. The Morgan fingerprint density at radius 2 is 2.23 bits per heavy atom. The molecule has 6 nitrogen and oxygen atoms in total. The van der Waals surface area contributed by atoms with Crippen molar-refractivity contribution in [2.24, 2.45) is 0 Å². The highest BCUT2D eigenvalue weighted by Crippen LogP contribution is 2.27. The number of hydrogen-bond donors (Lipinski definition) is 1. The molecule has 2 aliphatic heterocycles. The first kappa shape index (κ1) is 18.7. The monoisotopic (exact) mass is 358 g/mol. The minimum atomic E-state index is -0.0713. The first-order valence-corrected chi connectivity index (χ1v) is 9.54. The Morgan fingerprint density at radius 1 is 1.38 bits per heavy atom. The van der Waals surface area contributed by atoms with Crippen LogP contribution in [-0.2, 0) is 4.74 Å². The number of aryl methyl sites for hydroxylation is 1. The van der Waals surface area contributed by atoms with Crippen LogP contribution >= 0.6 is 0 Å². The van der Waals surface area contributed by atoms with Crippen molar-refractivity contribution in [1.82, 2.24) is 9.88 Å². The van der Waals surface area contributed by atoms with Crippen LogP contribution in [0.4, 0.5) is 16.3 Å². The number of anilines is 2. The van der Waals surface area contributed by atoms with Crippen LogP contribution in [0.3, 0.4) is 0 Å².